The molecule has 0 saturated carbocycles. The number of rotatable bonds is 9. The van der Waals surface area contributed by atoms with E-state index in [0.29, 0.717) is 39.5 Å². The Morgan fingerprint density at radius 2 is 1.50 bits per heavy atom. The van der Waals surface area contributed by atoms with Crippen LogP contribution in [0.5, 0.6) is 11.5 Å². The topological polar surface area (TPSA) is 81.8 Å². The van der Waals surface area contributed by atoms with Crippen molar-refractivity contribution in [2.24, 2.45) is 0 Å². The van der Waals surface area contributed by atoms with Crippen molar-refractivity contribution in [1.82, 2.24) is 5.16 Å². The van der Waals surface area contributed by atoms with Crippen molar-refractivity contribution in [3.63, 3.8) is 0 Å². The molecule has 1 aromatic heterocycles. The third-order valence-corrected chi connectivity index (χ3v) is 6.29. The quantitative estimate of drug-likeness (QED) is 0.220. The highest BCUT2D eigenvalue weighted by Crippen LogP contribution is 2.41. The summed E-state index contributed by atoms with van der Waals surface area (Å²) in [7, 11) is 0. The Morgan fingerprint density at radius 1 is 0.941 bits per heavy atom. The van der Waals surface area contributed by atoms with Crippen LogP contribution in [0.3, 0.4) is 0 Å². The van der Waals surface area contributed by atoms with Crippen LogP contribution in [0.15, 0.2) is 77.3 Å². The predicted molar refractivity (Wildman–Crippen MR) is 137 cm³/mol. The van der Waals surface area contributed by atoms with Crippen LogP contribution in [0.4, 0.5) is 0 Å². The number of hydrogen-bond acceptors (Lipinski definition) is 5. The van der Waals surface area contributed by atoms with Gasteiger partial charge in [0.05, 0.1) is 3.57 Å². The standard InChI is InChI=1S/C27H24INO5/c1-17(2)20-13-21(25-24(28)26(27(30)31)34-29-25)23(33-16-19-11-7-4-8-12-19)14-22(20)32-15-18-9-5-3-6-10-18/h3-14,17H,15-16H2,1-2H3,(H,30,31). The van der Waals surface area contributed by atoms with Gasteiger partial charge in [-0.3, -0.25) is 0 Å². The van der Waals surface area contributed by atoms with Crippen LogP contribution in [0.25, 0.3) is 11.3 Å². The Kier molecular flexibility index (Phi) is 7.52. The molecule has 0 atom stereocenters. The summed E-state index contributed by atoms with van der Waals surface area (Å²) in [6.07, 6.45) is 0. The average molecular weight is 569 g/mol. The molecule has 4 aromatic rings. The molecule has 0 bridgehead atoms. The largest absolute Gasteiger partial charge is 0.488 e. The highest BCUT2D eigenvalue weighted by molar-refractivity contribution is 14.1. The number of hydrogen-bond donors (Lipinski definition) is 1. The van der Waals surface area contributed by atoms with E-state index in [-0.39, 0.29) is 11.7 Å². The molecule has 0 fully saturated rings. The maximum atomic E-state index is 11.5. The molecule has 1 N–H and O–H groups in total. The number of benzene rings is 3. The summed E-state index contributed by atoms with van der Waals surface area (Å²) < 4.78 is 18.0. The average Bonchev–Trinajstić information content (AvgIpc) is 3.23. The molecule has 4 rings (SSSR count). The first-order valence-corrected chi connectivity index (χ1v) is 11.9. The molecule has 0 aliphatic heterocycles. The van der Waals surface area contributed by atoms with E-state index in [1.807, 2.05) is 95.4 Å². The summed E-state index contributed by atoms with van der Waals surface area (Å²) in [5, 5.41) is 13.5. The molecule has 0 saturated heterocycles. The van der Waals surface area contributed by atoms with Gasteiger partial charge < -0.3 is 19.1 Å². The molecule has 0 amide bonds. The Balaban J connectivity index is 1.76. The van der Waals surface area contributed by atoms with Crippen molar-refractivity contribution in [2.45, 2.75) is 33.0 Å². The van der Waals surface area contributed by atoms with Gasteiger partial charge in [-0.25, -0.2) is 4.79 Å². The molecule has 3 aromatic carbocycles. The second-order valence-electron chi connectivity index (χ2n) is 8.07. The minimum Gasteiger partial charge on any atom is -0.488 e. The van der Waals surface area contributed by atoms with Crippen LogP contribution in [0, 0.1) is 3.57 Å². The molecular formula is C27H24INO5. The van der Waals surface area contributed by atoms with Gasteiger partial charge in [0.1, 0.15) is 30.4 Å². The zero-order valence-corrected chi connectivity index (χ0v) is 21.0. The Labute approximate surface area is 211 Å². The molecule has 0 spiro atoms. The van der Waals surface area contributed by atoms with E-state index >= 15 is 0 Å². The minimum absolute atomic E-state index is 0.149. The van der Waals surface area contributed by atoms with Crippen molar-refractivity contribution in [2.75, 3.05) is 0 Å². The van der Waals surface area contributed by atoms with Crippen molar-refractivity contribution in [1.29, 1.82) is 0 Å². The molecule has 0 aliphatic rings. The summed E-state index contributed by atoms with van der Waals surface area (Å²) in [6, 6.07) is 23.6. The normalized spacial score (nSPS) is 10.9. The first-order chi connectivity index (χ1) is 16.4. The Morgan fingerprint density at radius 3 is 2.00 bits per heavy atom. The molecule has 7 heteroatoms. The third kappa shape index (κ3) is 5.41. The van der Waals surface area contributed by atoms with E-state index in [1.165, 1.54) is 0 Å². The summed E-state index contributed by atoms with van der Waals surface area (Å²) in [5.74, 6) is 0.0419. The van der Waals surface area contributed by atoms with Crippen molar-refractivity contribution in [3.05, 3.63) is 98.8 Å². The molecule has 6 nitrogen and oxygen atoms in total. The number of halogens is 1. The molecule has 34 heavy (non-hydrogen) atoms. The third-order valence-electron chi connectivity index (χ3n) is 5.29. The Bertz CT molecular complexity index is 1270. The first kappa shape index (κ1) is 23.8. The number of carboxylic acids is 1. The van der Waals surface area contributed by atoms with E-state index in [2.05, 4.69) is 19.0 Å². The van der Waals surface area contributed by atoms with Gasteiger partial charge in [0.15, 0.2) is 0 Å². The van der Waals surface area contributed by atoms with Gasteiger partial charge in [0.2, 0.25) is 0 Å². The number of aromatic carboxylic acids is 1. The molecule has 0 radical (unpaired) electrons. The number of aromatic nitrogens is 1. The fourth-order valence-corrected chi connectivity index (χ4v) is 4.23. The van der Waals surface area contributed by atoms with Gasteiger partial charge in [0.25, 0.3) is 5.76 Å². The van der Waals surface area contributed by atoms with Crippen molar-refractivity contribution in [3.8, 4) is 22.8 Å². The maximum Gasteiger partial charge on any atom is 0.375 e. The number of carbonyl (C=O) groups is 1. The molecular weight excluding hydrogens is 545 g/mol. The summed E-state index contributed by atoms with van der Waals surface area (Å²) in [6.45, 7) is 4.92. The van der Waals surface area contributed by atoms with E-state index in [0.717, 1.165) is 16.7 Å². The zero-order chi connectivity index (χ0) is 24.1. The number of carboxylic acid groups (broad SMARTS) is 1. The monoisotopic (exact) mass is 569 g/mol. The summed E-state index contributed by atoms with van der Waals surface area (Å²) >= 11 is 1.95. The van der Waals surface area contributed by atoms with Gasteiger partial charge in [-0.15, -0.1) is 0 Å². The number of ether oxygens (including phenoxy) is 2. The van der Waals surface area contributed by atoms with E-state index in [1.54, 1.807) is 0 Å². The molecule has 0 unspecified atom stereocenters. The smallest absolute Gasteiger partial charge is 0.375 e. The Hall–Kier alpha value is -3.33. The lowest BCUT2D eigenvalue weighted by molar-refractivity contribution is 0.0650. The SMILES string of the molecule is CC(C)c1cc(-c2noc(C(=O)O)c2I)c(OCc2ccccc2)cc1OCc1ccccc1. The first-order valence-electron chi connectivity index (χ1n) is 10.8. The van der Waals surface area contributed by atoms with Gasteiger partial charge >= 0.3 is 5.97 Å². The van der Waals surface area contributed by atoms with E-state index in [4.69, 9.17) is 14.0 Å². The van der Waals surface area contributed by atoms with Crippen LogP contribution in [0.1, 0.15) is 47.0 Å². The summed E-state index contributed by atoms with van der Waals surface area (Å²) in [5.41, 5.74) is 4.12. The fraction of sp³-hybridized carbons (Fsp3) is 0.185. The van der Waals surface area contributed by atoms with Crippen LogP contribution in [-0.2, 0) is 13.2 Å². The molecule has 174 valence electrons. The van der Waals surface area contributed by atoms with Crippen molar-refractivity contribution < 1.29 is 23.9 Å². The van der Waals surface area contributed by atoms with Gasteiger partial charge in [-0.1, -0.05) is 79.7 Å². The second kappa shape index (κ2) is 10.7. The van der Waals surface area contributed by atoms with Crippen molar-refractivity contribution >= 4 is 28.6 Å². The molecule has 1 heterocycles. The summed E-state index contributed by atoms with van der Waals surface area (Å²) in [4.78, 5) is 11.5. The maximum absolute atomic E-state index is 11.5. The van der Waals surface area contributed by atoms with Gasteiger partial charge in [-0.2, -0.15) is 0 Å². The lowest BCUT2D eigenvalue weighted by Gasteiger charge is -2.19. The highest BCUT2D eigenvalue weighted by Gasteiger charge is 2.25. The minimum atomic E-state index is -1.16. The van der Waals surface area contributed by atoms with Gasteiger partial charge in [0, 0.05) is 11.6 Å². The zero-order valence-electron chi connectivity index (χ0n) is 18.8. The predicted octanol–water partition coefficient (Wildman–Crippen LogP) is 6.93. The van der Waals surface area contributed by atoms with Crippen LogP contribution >= 0.6 is 22.6 Å². The lowest BCUT2D eigenvalue weighted by Crippen LogP contribution is -2.04. The molecule has 0 aliphatic carbocycles. The van der Waals surface area contributed by atoms with Crippen LogP contribution in [-0.4, -0.2) is 16.2 Å². The van der Waals surface area contributed by atoms with Gasteiger partial charge in [-0.05, 0) is 51.3 Å². The fourth-order valence-electron chi connectivity index (χ4n) is 3.51. The highest BCUT2D eigenvalue weighted by atomic mass is 127. The number of nitrogens with zero attached hydrogens (tertiary/aromatic N) is 1. The van der Waals surface area contributed by atoms with E-state index in [9.17, 15) is 9.90 Å². The second-order valence-corrected chi connectivity index (χ2v) is 9.15. The van der Waals surface area contributed by atoms with Crippen LogP contribution in [0.2, 0.25) is 0 Å². The lowest BCUT2D eigenvalue weighted by atomic mass is 9.97. The van der Waals surface area contributed by atoms with Crippen LogP contribution < -0.4 is 9.47 Å². The van der Waals surface area contributed by atoms with E-state index < -0.39 is 5.97 Å².